The molecule has 0 spiro atoms. The SMILES string of the molecule is COc1ccc(NC(=O)C2=Cc3ccccc3/C(=N/Nc3c(C#N)cnn3-c3ncccn3)C2=O)cc1. The van der Waals surface area contributed by atoms with Crippen LogP contribution in [-0.4, -0.2) is 44.3 Å². The number of ether oxygens (including phenoxy) is 1. The number of nitrogens with zero attached hydrogens (tertiary/aromatic N) is 6. The normalized spacial score (nSPS) is 13.4. The van der Waals surface area contributed by atoms with Gasteiger partial charge in [0.15, 0.2) is 5.82 Å². The number of ketones is 1. The van der Waals surface area contributed by atoms with Crippen LogP contribution in [0.2, 0.25) is 0 Å². The van der Waals surface area contributed by atoms with Gasteiger partial charge in [0.2, 0.25) is 5.78 Å². The molecule has 180 valence electrons. The maximum atomic E-state index is 13.5. The molecule has 4 aromatic rings. The van der Waals surface area contributed by atoms with E-state index >= 15 is 0 Å². The van der Waals surface area contributed by atoms with Gasteiger partial charge in [0.05, 0.1) is 18.9 Å². The third-order valence-electron chi connectivity index (χ3n) is 5.47. The van der Waals surface area contributed by atoms with Crippen LogP contribution in [0.15, 0.2) is 83.9 Å². The highest BCUT2D eigenvalue weighted by molar-refractivity contribution is 6.59. The van der Waals surface area contributed by atoms with Gasteiger partial charge in [0.25, 0.3) is 11.9 Å². The van der Waals surface area contributed by atoms with Crippen LogP contribution in [0.25, 0.3) is 12.0 Å². The number of carbonyl (C=O) groups excluding carboxylic acids is 2. The third kappa shape index (κ3) is 4.54. The molecule has 11 heteroatoms. The van der Waals surface area contributed by atoms with Crippen LogP contribution in [0.1, 0.15) is 16.7 Å². The minimum atomic E-state index is -0.585. The van der Waals surface area contributed by atoms with Gasteiger partial charge >= 0.3 is 0 Å². The molecule has 2 aromatic heterocycles. The van der Waals surface area contributed by atoms with Crippen molar-refractivity contribution in [2.75, 3.05) is 17.9 Å². The van der Waals surface area contributed by atoms with Crippen LogP contribution in [0.3, 0.4) is 0 Å². The number of hydrazone groups is 1. The monoisotopic (exact) mass is 490 g/mol. The number of hydrogen-bond acceptors (Lipinski definition) is 9. The molecule has 5 rings (SSSR count). The summed E-state index contributed by atoms with van der Waals surface area (Å²) in [4.78, 5) is 34.8. The summed E-state index contributed by atoms with van der Waals surface area (Å²) in [6, 6.07) is 17.5. The molecular formula is C26H18N8O3. The zero-order valence-electron chi connectivity index (χ0n) is 19.4. The average molecular weight is 490 g/mol. The number of fused-ring (bicyclic) bond motifs is 1. The van der Waals surface area contributed by atoms with E-state index in [1.54, 1.807) is 61.7 Å². The Morgan fingerprint density at radius 3 is 2.57 bits per heavy atom. The highest BCUT2D eigenvalue weighted by Gasteiger charge is 2.30. The highest BCUT2D eigenvalue weighted by atomic mass is 16.5. The minimum absolute atomic E-state index is 0.00333. The van der Waals surface area contributed by atoms with Crippen LogP contribution < -0.4 is 15.5 Å². The van der Waals surface area contributed by atoms with E-state index in [0.29, 0.717) is 22.6 Å². The maximum absolute atomic E-state index is 13.5. The summed E-state index contributed by atoms with van der Waals surface area (Å²) in [6.45, 7) is 0. The molecule has 0 unspecified atom stereocenters. The van der Waals surface area contributed by atoms with E-state index in [4.69, 9.17) is 4.74 Å². The fourth-order valence-electron chi connectivity index (χ4n) is 3.66. The van der Waals surface area contributed by atoms with Gasteiger partial charge in [-0.3, -0.25) is 15.0 Å². The fraction of sp³-hybridized carbons (Fsp3) is 0.0385. The second kappa shape index (κ2) is 9.93. The molecule has 0 atom stereocenters. The molecule has 0 bridgehead atoms. The number of hydrogen-bond donors (Lipinski definition) is 2. The van der Waals surface area contributed by atoms with Crippen LogP contribution >= 0.6 is 0 Å². The fourth-order valence-corrected chi connectivity index (χ4v) is 3.66. The van der Waals surface area contributed by atoms with E-state index in [2.05, 4.69) is 30.9 Å². The Morgan fingerprint density at radius 2 is 1.84 bits per heavy atom. The van der Waals surface area contributed by atoms with E-state index in [-0.39, 0.29) is 28.6 Å². The van der Waals surface area contributed by atoms with E-state index in [1.807, 2.05) is 6.07 Å². The van der Waals surface area contributed by atoms with Gasteiger partial charge < -0.3 is 10.1 Å². The van der Waals surface area contributed by atoms with E-state index in [1.165, 1.54) is 29.3 Å². The molecule has 2 aromatic carbocycles. The second-order valence-corrected chi connectivity index (χ2v) is 7.71. The van der Waals surface area contributed by atoms with Crippen molar-refractivity contribution >= 4 is 35.0 Å². The first-order valence-electron chi connectivity index (χ1n) is 11.0. The number of rotatable bonds is 6. The van der Waals surface area contributed by atoms with E-state index < -0.39 is 11.7 Å². The Bertz CT molecular complexity index is 1600. The Balaban J connectivity index is 1.49. The second-order valence-electron chi connectivity index (χ2n) is 7.71. The van der Waals surface area contributed by atoms with E-state index in [0.717, 1.165) is 0 Å². The Hall–Kier alpha value is -5.63. The lowest BCUT2D eigenvalue weighted by Gasteiger charge is -2.17. The maximum Gasteiger partial charge on any atom is 0.259 e. The van der Waals surface area contributed by atoms with Crippen LogP contribution in [0.4, 0.5) is 11.5 Å². The summed E-state index contributed by atoms with van der Waals surface area (Å²) in [6.07, 6.45) is 5.93. The lowest BCUT2D eigenvalue weighted by molar-refractivity contribution is -0.116. The summed E-state index contributed by atoms with van der Waals surface area (Å²) >= 11 is 0. The molecule has 0 aliphatic heterocycles. The van der Waals surface area contributed by atoms with Crippen LogP contribution in [0, 0.1) is 11.3 Å². The third-order valence-corrected chi connectivity index (χ3v) is 5.47. The number of methoxy groups -OCH3 is 1. The number of aromatic nitrogens is 4. The van der Waals surface area contributed by atoms with Gasteiger partial charge in [0, 0.05) is 23.6 Å². The van der Waals surface area contributed by atoms with E-state index in [9.17, 15) is 14.9 Å². The van der Waals surface area contributed by atoms with Crippen LogP contribution in [0.5, 0.6) is 5.75 Å². The molecule has 1 aliphatic rings. The summed E-state index contributed by atoms with van der Waals surface area (Å²) < 4.78 is 6.44. The van der Waals surface area contributed by atoms with Crippen molar-refractivity contribution in [2.24, 2.45) is 5.10 Å². The predicted molar refractivity (Wildman–Crippen MR) is 135 cm³/mol. The molecule has 0 radical (unpaired) electrons. The van der Waals surface area contributed by atoms with Crippen molar-refractivity contribution in [3.63, 3.8) is 0 Å². The first kappa shape index (κ1) is 23.1. The molecular weight excluding hydrogens is 472 g/mol. The molecule has 2 heterocycles. The summed E-state index contributed by atoms with van der Waals surface area (Å²) in [7, 11) is 1.55. The van der Waals surface area contributed by atoms with Gasteiger partial charge in [-0.2, -0.15) is 20.1 Å². The summed E-state index contributed by atoms with van der Waals surface area (Å²) in [5, 5.41) is 20.7. The number of Topliss-reactive ketones (excluding diaryl/α,β-unsaturated/α-hetero) is 1. The van der Waals surface area contributed by atoms with Gasteiger partial charge in [0.1, 0.15) is 23.1 Å². The molecule has 0 saturated heterocycles. The summed E-state index contributed by atoms with van der Waals surface area (Å²) in [5.41, 5.74) is 4.52. The number of nitrogens with one attached hydrogen (secondary N) is 2. The van der Waals surface area contributed by atoms with Crippen molar-refractivity contribution in [3.8, 4) is 17.8 Å². The number of amides is 1. The van der Waals surface area contributed by atoms with Crippen molar-refractivity contribution in [1.29, 1.82) is 5.26 Å². The summed E-state index contributed by atoms with van der Waals surface area (Å²) in [5.74, 6) is -0.153. The lowest BCUT2D eigenvalue weighted by atomic mass is 9.89. The smallest absolute Gasteiger partial charge is 0.259 e. The quantitative estimate of drug-likeness (QED) is 0.310. The number of anilines is 2. The topological polar surface area (TPSA) is 147 Å². The minimum Gasteiger partial charge on any atom is -0.497 e. The Labute approximate surface area is 210 Å². The lowest BCUT2D eigenvalue weighted by Crippen LogP contribution is -2.30. The zero-order valence-corrected chi connectivity index (χ0v) is 19.4. The molecule has 0 saturated carbocycles. The number of benzene rings is 2. The molecule has 2 N–H and O–H groups in total. The number of carbonyl (C=O) groups is 2. The molecule has 1 amide bonds. The van der Waals surface area contributed by atoms with Crippen molar-refractivity contribution in [3.05, 3.63) is 95.5 Å². The predicted octanol–water partition coefficient (Wildman–Crippen LogP) is 2.96. The first-order valence-corrected chi connectivity index (χ1v) is 11.0. The molecule has 0 fully saturated rings. The molecule has 11 nitrogen and oxygen atoms in total. The first-order chi connectivity index (χ1) is 18.1. The molecule has 37 heavy (non-hydrogen) atoms. The van der Waals surface area contributed by atoms with Gasteiger partial charge in [-0.25, -0.2) is 9.97 Å². The standard InChI is InChI=1S/C26H18N8O3/c1-37-19-9-7-18(8-10-19)31-25(36)21-13-16-5-2-3-6-20(16)22(23(21)35)32-33-24-17(14-27)15-30-34(24)26-28-11-4-12-29-26/h2-13,15,33H,1H3,(H,31,36)/b32-22-. The Kier molecular flexibility index (Phi) is 6.21. The molecule has 1 aliphatic carbocycles. The average Bonchev–Trinajstić information content (AvgIpc) is 3.36. The highest BCUT2D eigenvalue weighted by Crippen LogP contribution is 2.25. The van der Waals surface area contributed by atoms with Crippen LogP contribution in [-0.2, 0) is 9.59 Å². The van der Waals surface area contributed by atoms with Gasteiger partial charge in [-0.15, -0.1) is 0 Å². The van der Waals surface area contributed by atoms with Crippen molar-refractivity contribution in [1.82, 2.24) is 19.7 Å². The van der Waals surface area contributed by atoms with Crippen molar-refractivity contribution < 1.29 is 14.3 Å². The van der Waals surface area contributed by atoms with Gasteiger partial charge in [-0.05, 0) is 42.0 Å². The zero-order chi connectivity index (χ0) is 25.8. The largest absolute Gasteiger partial charge is 0.497 e. The van der Waals surface area contributed by atoms with Gasteiger partial charge in [-0.1, -0.05) is 24.3 Å². The Morgan fingerprint density at radius 1 is 1.08 bits per heavy atom. The number of nitriles is 1. The van der Waals surface area contributed by atoms with Crippen molar-refractivity contribution in [2.45, 2.75) is 0 Å².